The largest absolute Gasteiger partial charge is 0.477 e. The van der Waals surface area contributed by atoms with Crippen molar-refractivity contribution in [1.82, 2.24) is 4.57 Å². The van der Waals surface area contributed by atoms with Gasteiger partial charge in [-0.25, -0.2) is 9.18 Å². The molecule has 1 saturated carbocycles. The van der Waals surface area contributed by atoms with Gasteiger partial charge in [0.2, 0.25) is 5.43 Å². The Labute approximate surface area is 154 Å². The van der Waals surface area contributed by atoms with Crippen LogP contribution in [0.4, 0.5) is 10.1 Å². The maximum atomic E-state index is 15.2. The molecule has 1 aromatic carbocycles. The van der Waals surface area contributed by atoms with Crippen LogP contribution in [0.15, 0.2) is 17.1 Å². The van der Waals surface area contributed by atoms with Gasteiger partial charge >= 0.3 is 5.97 Å². The highest BCUT2D eigenvalue weighted by molar-refractivity contribution is 5.95. The number of rotatable bonds is 2. The highest BCUT2D eigenvalue weighted by Gasteiger charge is 2.37. The normalized spacial score (nSPS) is 24.6. The summed E-state index contributed by atoms with van der Waals surface area (Å²) in [6.07, 6.45) is 3.94. The molecule has 3 N–H and O–H groups in total. The Morgan fingerprint density at radius 2 is 2.11 bits per heavy atom. The van der Waals surface area contributed by atoms with Gasteiger partial charge < -0.3 is 25.0 Å². The van der Waals surface area contributed by atoms with Crippen molar-refractivity contribution in [3.8, 4) is 0 Å². The van der Waals surface area contributed by atoms with Crippen LogP contribution in [0.2, 0.25) is 0 Å². The third-order valence-corrected chi connectivity index (χ3v) is 5.80. The number of nitrogens with two attached hydrogens (primary N) is 1. The summed E-state index contributed by atoms with van der Waals surface area (Å²) in [5, 5.41) is 9.50. The van der Waals surface area contributed by atoms with Crippen LogP contribution in [0.5, 0.6) is 0 Å². The number of benzene rings is 1. The molecule has 2 fully saturated rings. The topological polar surface area (TPSA) is 97.8 Å². The maximum Gasteiger partial charge on any atom is 0.341 e. The van der Waals surface area contributed by atoms with Crippen molar-refractivity contribution in [2.24, 2.45) is 5.73 Å². The third-order valence-electron chi connectivity index (χ3n) is 5.80. The molecule has 7 nitrogen and oxygen atoms in total. The molecule has 3 aliphatic rings. The lowest BCUT2D eigenvalue weighted by atomic mass is 10.0. The van der Waals surface area contributed by atoms with Gasteiger partial charge in [0.25, 0.3) is 0 Å². The standard InChI is InChI=1S/C19H20FN3O4/c20-15-4-12-16(23(10-1-2-10)6-13(18(12)24)19(25)26)14-8-27-7-11-3-9(21)5-22(11)17(14)15/h4,6,9-11H,1-3,5,7-8,21H2,(H,25,26)/t9-,11+/m1/s1. The van der Waals surface area contributed by atoms with E-state index in [-0.39, 0.29) is 35.7 Å². The fraction of sp³-hybridized carbons (Fsp3) is 0.474. The summed E-state index contributed by atoms with van der Waals surface area (Å²) in [5.41, 5.74) is 6.75. The molecule has 0 amide bonds. The molecule has 1 aromatic heterocycles. The van der Waals surface area contributed by atoms with Gasteiger partial charge in [-0.1, -0.05) is 0 Å². The fourth-order valence-corrected chi connectivity index (χ4v) is 4.48. The molecular formula is C19H20FN3O4. The van der Waals surface area contributed by atoms with Crippen LogP contribution in [-0.2, 0) is 11.3 Å². The number of aromatic carboxylic acids is 1. The zero-order chi connectivity index (χ0) is 18.9. The van der Waals surface area contributed by atoms with E-state index in [0.717, 1.165) is 19.3 Å². The molecule has 5 rings (SSSR count). The first kappa shape index (κ1) is 16.7. The zero-order valence-corrected chi connectivity index (χ0v) is 14.7. The lowest BCUT2D eigenvalue weighted by molar-refractivity contribution is 0.0695. The summed E-state index contributed by atoms with van der Waals surface area (Å²) < 4.78 is 22.8. The highest BCUT2D eigenvalue weighted by Crippen LogP contribution is 2.42. The van der Waals surface area contributed by atoms with Gasteiger partial charge in [0.05, 0.1) is 30.5 Å². The molecule has 1 aliphatic carbocycles. The van der Waals surface area contributed by atoms with Gasteiger partial charge in [0.1, 0.15) is 11.4 Å². The van der Waals surface area contributed by atoms with E-state index < -0.39 is 17.2 Å². The number of halogens is 1. The van der Waals surface area contributed by atoms with Crippen molar-refractivity contribution < 1.29 is 19.0 Å². The summed E-state index contributed by atoms with van der Waals surface area (Å²) in [6.45, 7) is 1.17. The number of carboxylic acids is 1. The van der Waals surface area contributed by atoms with E-state index >= 15 is 4.39 Å². The second-order valence-corrected chi connectivity index (χ2v) is 7.71. The number of carbonyl (C=O) groups is 1. The Balaban J connectivity index is 1.85. The second kappa shape index (κ2) is 5.77. The smallest absolute Gasteiger partial charge is 0.341 e. The van der Waals surface area contributed by atoms with Gasteiger partial charge in [0.15, 0.2) is 0 Å². The Morgan fingerprint density at radius 1 is 1.33 bits per heavy atom. The number of hydrogen-bond acceptors (Lipinski definition) is 5. The average Bonchev–Trinajstić information content (AvgIpc) is 3.40. The predicted molar refractivity (Wildman–Crippen MR) is 96.8 cm³/mol. The van der Waals surface area contributed by atoms with E-state index in [1.807, 2.05) is 9.47 Å². The lowest BCUT2D eigenvalue weighted by Gasteiger charge is -2.27. The van der Waals surface area contributed by atoms with E-state index in [1.165, 1.54) is 12.3 Å². The van der Waals surface area contributed by atoms with E-state index in [4.69, 9.17) is 10.5 Å². The van der Waals surface area contributed by atoms with Crippen molar-refractivity contribution in [3.05, 3.63) is 39.4 Å². The molecule has 8 heteroatoms. The van der Waals surface area contributed by atoms with Crippen molar-refractivity contribution in [1.29, 1.82) is 0 Å². The molecule has 2 aliphatic heterocycles. The number of hydrogen-bond donors (Lipinski definition) is 2. The first-order chi connectivity index (χ1) is 13.0. The third kappa shape index (κ3) is 2.47. The molecule has 1 saturated heterocycles. The minimum absolute atomic E-state index is 0.00703. The quantitative estimate of drug-likeness (QED) is 0.830. The summed E-state index contributed by atoms with van der Waals surface area (Å²) in [4.78, 5) is 26.2. The van der Waals surface area contributed by atoms with Crippen LogP contribution < -0.4 is 16.1 Å². The summed E-state index contributed by atoms with van der Waals surface area (Å²) in [7, 11) is 0. The minimum Gasteiger partial charge on any atom is -0.477 e. The van der Waals surface area contributed by atoms with Crippen molar-refractivity contribution in [3.63, 3.8) is 0 Å². The number of pyridine rings is 1. The SMILES string of the molecule is N[C@@H]1C[C@H]2COCc3c(c(F)cc4c(=O)c(C(=O)O)cn(C5CC5)c34)N2C1. The van der Waals surface area contributed by atoms with E-state index in [0.29, 0.717) is 29.9 Å². The summed E-state index contributed by atoms with van der Waals surface area (Å²) in [6, 6.07) is 1.27. The molecule has 3 heterocycles. The molecule has 0 spiro atoms. The van der Waals surface area contributed by atoms with Crippen LogP contribution in [0.1, 0.15) is 41.2 Å². The number of nitrogens with zero attached hydrogens (tertiary/aromatic N) is 2. The molecule has 2 aromatic rings. The Kier molecular flexibility index (Phi) is 3.57. The Bertz CT molecular complexity index is 1030. The number of anilines is 1. The van der Waals surface area contributed by atoms with Crippen molar-refractivity contribution in [2.75, 3.05) is 18.1 Å². The second-order valence-electron chi connectivity index (χ2n) is 7.71. The van der Waals surface area contributed by atoms with Gasteiger partial charge in [-0.3, -0.25) is 4.79 Å². The molecular weight excluding hydrogens is 353 g/mol. The van der Waals surface area contributed by atoms with Crippen LogP contribution in [0, 0.1) is 5.82 Å². The Hall–Kier alpha value is -2.45. The molecule has 2 atom stereocenters. The molecule has 0 bridgehead atoms. The molecule has 142 valence electrons. The molecule has 27 heavy (non-hydrogen) atoms. The minimum atomic E-state index is -1.30. The zero-order valence-electron chi connectivity index (χ0n) is 14.7. The lowest BCUT2D eigenvalue weighted by Crippen LogP contribution is -2.33. The monoisotopic (exact) mass is 373 g/mol. The maximum absolute atomic E-state index is 15.2. The summed E-state index contributed by atoms with van der Waals surface area (Å²) in [5.74, 6) is -1.82. The number of aromatic nitrogens is 1. The Morgan fingerprint density at radius 3 is 2.81 bits per heavy atom. The van der Waals surface area contributed by atoms with Crippen LogP contribution in [0.3, 0.4) is 0 Å². The van der Waals surface area contributed by atoms with E-state index in [9.17, 15) is 14.7 Å². The van der Waals surface area contributed by atoms with Gasteiger partial charge in [0, 0.05) is 35.8 Å². The fourth-order valence-electron chi connectivity index (χ4n) is 4.48. The van der Waals surface area contributed by atoms with Gasteiger partial charge in [-0.15, -0.1) is 0 Å². The van der Waals surface area contributed by atoms with Gasteiger partial charge in [-0.05, 0) is 25.3 Å². The highest BCUT2D eigenvalue weighted by atomic mass is 19.1. The number of carboxylic acid groups (broad SMARTS) is 1. The van der Waals surface area contributed by atoms with Crippen molar-refractivity contribution in [2.45, 2.75) is 44.0 Å². The molecule has 0 radical (unpaired) electrons. The first-order valence-electron chi connectivity index (χ1n) is 9.19. The van der Waals surface area contributed by atoms with Crippen LogP contribution in [-0.4, -0.2) is 40.9 Å². The number of ether oxygens (including phenoxy) is 1. The van der Waals surface area contributed by atoms with E-state index in [1.54, 1.807) is 0 Å². The average molecular weight is 373 g/mol. The van der Waals surface area contributed by atoms with E-state index in [2.05, 4.69) is 0 Å². The van der Waals surface area contributed by atoms with Gasteiger partial charge in [-0.2, -0.15) is 0 Å². The van der Waals surface area contributed by atoms with Crippen LogP contribution >= 0.6 is 0 Å². The first-order valence-corrected chi connectivity index (χ1v) is 9.19. The molecule has 0 unspecified atom stereocenters. The summed E-state index contributed by atoms with van der Waals surface area (Å²) >= 11 is 0. The van der Waals surface area contributed by atoms with Crippen LogP contribution in [0.25, 0.3) is 10.9 Å². The number of fused-ring (bicyclic) bond motifs is 5. The predicted octanol–water partition coefficient (Wildman–Crippen LogP) is 1.61. The van der Waals surface area contributed by atoms with Crippen molar-refractivity contribution >= 4 is 22.6 Å².